The molecule has 0 bridgehead atoms. The van der Waals surface area contributed by atoms with E-state index >= 15 is 0 Å². The average molecular weight is 260 g/mol. The first kappa shape index (κ1) is 14.1. The third kappa shape index (κ3) is 3.82. The Balaban J connectivity index is 1.93. The summed E-state index contributed by atoms with van der Waals surface area (Å²) < 4.78 is 5.76. The molecule has 0 aromatic heterocycles. The first-order valence-corrected chi connectivity index (χ1v) is 7.43. The topological polar surface area (TPSA) is 26.3 Å². The van der Waals surface area contributed by atoms with Gasteiger partial charge in [0.25, 0.3) is 0 Å². The van der Waals surface area contributed by atoms with Gasteiger partial charge in [-0.05, 0) is 30.4 Å². The van der Waals surface area contributed by atoms with Crippen molar-refractivity contribution in [3.63, 3.8) is 0 Å². The van der Waals surface area contributed by atoms with Crippen molar-refractivity contribution in [3.05, 3.63) is 29.8 Å². The second-order valence-electron chi connectivity index (χ2n) is 5.78. The molecule has 1 aromatic carbocycles. The highest BCUT2D eigenvalue weighted by atomic mass is 16.5. The van der Waals surface area contributed by atoms with Gasteiger partial charge in [-0.15, -0.1) is 0 Å². The van der Waals surface area contributed by atoms with Crippen LogP contribution in [-0.2, 0) is 4.79 Å². The van der Waals surface area contributed by atoms with Gasteiger partial charge in [-0.1, -0.05) is 51.3 Å². The molecule has 0 radical (unpaired) electrons. The first-order chi connectivity index (χ1) is 9.18. The molecule has 2 rings (SSSR count). The fourth-order valence-corrected chi connectivity index (χ4v) is 2.78. The Hall–Kier alpha value is -1.31. The van der Waals surface area contributed by atoms with E-state index in [1.807, 2.05) is 18.2 Å². The van der Waals surface area contributed by atoms with Gasteiger partial charge in [0, 0.05) is 5.92 Å². The number of carbonyl (C=O) groups is 1. The smallest absolute Gasteiger partial charge is 0.173 e. The summed E-state index contributed by atoms with van der Waals surface area (Å²) in [5.74, 6) is 1.79. The Kier molecular flexibility index (Phi) is 5.00. The SMILES string of the molecule is CC(C)c1ccccc1OCC(=O)C1CCCCC1. The Bertz CT molecular complexity index is 417. The van der Waals surface area contributed by atoms with E-state index in [0.717, 1.165) is 18.6 Å². The molecule has 2 nitrogen and oxygen atoms in total. The van der Waals surface area contributed by atoms with E-state index in [1.165, 1.54) is 24.8 Å². The summed E-state index contributed by atoms with van der Waals surface area (Å²) in [6.45, 7) is 4.52. The first-order valence-electron chi connectivity index (χ1n) is 7.43. The van der Waals surface area contributed by atoms with Crippen LogP contribution in [0.2, 0.25) is 0 Å². The molecule has 1 saturated carbocycles. The largest absolute Gasteiger partial charge is 0.486 e. The highest BCUT2D eigenvalue weighted by Crippen LogP contribution is 2.27. The van der Waals surface area contributed by atoms with Crippen LogP contribution in [0.4, 0.5) is 0 Å². The van der Waals surface area contributed by atoms with Gasteiger partial charge in [0.1, 0.15) is 12.4 Å². The maximum absolute atomic E-state index is 12.1. The minimum Gasteiger partial charge on any atom is -0.486 e. The lowest BCUT2D eigenvalue weighted by Gasteiger charge is -2.21. The number of rotatable bonds is 5. The van der Waals surface area contributed by atoms with Gasteiger partial charge in [0.15, 0.2) is 5.78 Å². The van der Waals surface area contributed by atoms with Crippen molar-refractivity contribution in [2.75, 3.05) is 6.61 Å². The van der Waals surface area contributed by atoms with E-state index in [-0.39, 0.29) is 18.3 Å². The number of ketones is 1. The van der Waals surface area contributed by atoms with Gasteiger partial charge in [0.2, 0.25) is 0 Å². The zero-order valence-electron chi connectivity index (χ0n) is 12.0. The standard InChI is InChI=1S/C17H24O2/c1-13(2)15-10-6-7-11-17(15)19-12-16(18)14-8-4-3-5-9-14/h6-7,10-11,13-14H,3-5,8-9,12H2,1-2H3. The van der Waals surface area contributed by atoms with Crippen LogP contribution in [0.5, 0.6) is 5.75 Å². The predicted molar refractivity (Wildman–Crippen MR) is 77.6 cm³/mol. The van der Waals surface area contributed by atoms with Crippen molar-refractivity contribution in [1.29, 1.82) is 0 Å². The van der Waals surface area contributed by atoms with Crippen LogP contribution in [0.25, 0.3) is 0 Å². The minimum atomic E-state index is 0.231. The number of carbonyl (C=O) groups excluding carboxylic acids is 1. The van der Waals surface area contributed by atoms with Crippen LogP contribution in [0, 0.1) is 5.92 Å². The van der Waals surface area contributed by atoms with Crippen molar-refractivity contribution >= 4 is 5.78 Å². The molecule has 2 heteroatoms. The molecule has 0 atom stereocenters. The Labute approximate surface area is 116 Å². The third-order valence-corrected chi connectivity index (χ3v) is 3.97. The molecular formula is C17H24O2. The Morgan fingerprint density at radius 2 is 1.89 bits per heavy atom. The molecule has 1 aliphatic rings. The summed E-state index contributed by atoms with van der Waals surface area (Å²) in [7, 11) is 0. The van der Waals surface area contributed by atoms with Gasteiger partial charge in [-0.3, -0.25) is 4.79 Å². The molecule has 1 fully saturated rings. The lowest BCUT2D eigenvalue weighted by Crippen LogP contribution is -2.23. The fraction of sp³-hybridized carbons (Fsp3) is 0.588. The van der Waals surface area contributed by atoms with Crippen molar-refractivity contribution < 1.29 is 9.53 Å². The van der Waals surface area contributed by atoms with Gasteiger partial charge < -0.3 is 4.74 Å². The van der Waals surface area contributed by atoms with Crippen LogP contribution in [-0.4, -0.2) is 12.4 Å². The summed E-state index contributed by atoms with van der Waals surface area (Å²) in [6, 6.07) is 8.02. The van der Waals surface area contributed by atoms with E-state index in [4.69, 9.17) is 4.74 Å². The lowest BCUT2D eigenvalue weighted by atomic mass is 9.86. The van der Waals surface area contributed by atoms with E-state index in [0.29, 0.717) is 5.92 Å². The summed E-state index contributed by atoms with van der Waals surface area (Å²) >= 11 is 0. The van der Waals surface area contributed by atoms with Crippen molar-refractivity contribution in [3.8, 4) is 5.75 Å². The zero-order valence-corrected chi connectivity index (χ0v) is 12.0. The van der Waals surface area contributed by atoms with Gasteiger partial charge in [-0.25, -0.2) is 0 Å². The summed E-state index contributed by atoms with van der Waals surface area (Å²) in [5.41, 5.74) is 1.18. The molecular weight excluding hydrogens is 236 g/mol. The summed E-state index contributed by atoms with van der Waals surface area (Å²) in [6.07, 6.45) is 5.76. The predicted octanol–water partition coefficient (Wildman–Crippen LogP) is 4.34. The lowest BCUT2D eigenvalue weighted by molar-refractivity contribution is -0.125. The van der Waals surface area contributed by atoms with E-state index in [2.05, 4.69) is 19.9 Å². The highest BCUT2D eigenvalue weighted by Gasteiger charge is 2.21. The van der Waals surface area contributed by atoms with Crippen LogP contribution in [0.15, 0.2) is 24.3 Å². The maximum Gasteiger partial charge on any atom is 0.173 e. The second-order valence-corrected chi connectivity index (χ2v) is 5.78. The quantitative estimate of drug-likeness (QED) is 0.787. The number of Topliss-reactive ketones (excluding diaryl/α,β-unsaturated/α-hetero) is 1. The van der Waals surface area contributed by atoms with Crippen LogP contribution in [0.1, 0.15) is 57.4 Å². The Morgan fingerprint density at radius 3 is 2.58 bits per heavy atom. The molecule has 1 aromatic rings. The number of hydrogen-bond donors (Lipinski definition) is 0. The molecule has 0 amide bonds. The molecule has 0 unspecified atom stereocenters. The van der Waals surface area contributed by atoms with Crippen LogP contribution in [0.3, 0.4) is 0 Å². The monoisotopic (exact) mass is 260 g/mol. The number of benzene rings is 1. The molecule has 0 N–H and O–H groups in total. The summed E-state index contributed by atoms with van der Waals surface area (Å²) in [4.78, 5) is 12.1. The zero-order chi connectivity index (χ0) is 13.7. The van der Waals surface area contributed by atoms with Crippen LogP contribution < -0.4 is 4.74 Å². The van der Waals surface area contributed by atoms with Crippen LogP contribution >= 0.6 is 0 Å². The highest BCUT2D eigenvalue weighted by molar-refractivity contribution is 5.82. The molecule has 104 valence electrons. The van der Waals surface area contributed by atoms with E-state index in [9.17, 15) is 4.79 Å². The summed E-state index contributed by atoms with van der Waals surface area (Å²) in [5, 5.41) is 0. The van der Waals surface area contributed by atoms with E-state index in [1.54, 1.807) is 0 Å². The molecule has 19 heavy (non-hydrogen) atoms. The van der Waals surface area contributed by atoms with Gasteiger partial charge in [-0.2, -0.15) is 0 Å². The minimum absolute atomic E-state index is 0.231. The number of hydrogen-bond acceptors (Lipinski definition) is 2. The van der Waals surface area contributed by atoms with E-state index < -0.39 is 0 Å². The molecule has 0 saturated heterocycles. The van der Waals surface area contributed by atoms with Crippen molar-refractivity contribution in [2.24, 2.45) is 5.92 Å². The molecule has 0 spiro atoms. The maximum atomic E-state index is 12.1. The fourth-order valence-electron chi connectivity index (χ4n) is 2.78. The van der Waals surface area contributed by atoms with Gasteiger partial charge >= 0.3 is 0 Å². The molecule has 0 aliphatic heterocycles. The van der Waals surface area contributed by atoms with Crippen molar-refractivity contribution in [1.82, 2.24) is 0 Å². The number of ether oxygens (including phenoxy) is 1. The normalized spacial score (nSPS) is 16.6. The van der Waals surface area contributed by atoms with Gasteiger partial charge in [0.05, 0.1) is 0 Å². The third-order valence-electron chi connectivity index (χ3n) is 3.97. The molecule has 1 aliphatic carbocycles. The molecule has 0 heterocycles. The Morgan fingerprint density at radius 1 is 1.21 bits per heavy atom. The second kappa shape index (κ2) is 6.74. The van der Waals surface area contributed by atoms with Crippen molar-refractivity contribution in [2.45, 2.75) is 51.9 Å². The average Bonchev–Trinajstić information content (AvgIpc) is 2.46. The number of para-hydroxylation sites is 1.